The zero-order valence-electron chi connectivity index (χ0n) is 17.2. The van der Waals surface area contributed by atoms with Gasteiger partial charge < -0.3 is 4.74 Å². The second-order valence-electron chi connectivity index (χ2n) is 7.16. The zero-order chi connectivity index (χ0) is 24.4. The van der Waals surface area contributed by atoms with E-state index < -0.39 is 11.1 Å². The van der Waals surface area contributed by atoms with Crippen LogP contribution in [-0.4, -0.2) is 16.0 Å². The highest BCUT2D eigenvalue weighted by molar-refractivity contribution is 9.11. The highest BCUT2D eigenvalue weighted by Gasteiger charge is 2.35. The number of hydrogen-bond acceptors (Lipinski definition) is 4. The Kier molecular flexibility index (Phi) is 8.05. The van der Waals surface area contributed by atoms with E-state index in [4.69, 9.17) is 27.9 Å². The normalized spacial score (nSPS) is 14.9. The molecule has 1 fully saturated rings. The molecule has 174 valence electrons. The first-order chi connectivity index (χ1) is 16.2. The highest BCUT2D eigenvalue weighted by atomic mass is 79.9. The van der Waals surface area contributed by atoms with Gasteiger partial charge in [0, 0.05) is 21.2 Å². The van der Waals surface area contributed by atoms with Gasteiger partial charge in [0.2, 0.25) is 0 Å². The molecule has 0 aromatic heterocycles. The Morgan fingerprint density at radius 2 is 1.65 bits per heavy atom. The van der Waals surface area contributed by atoms with Gasteiger partial charge in [-0.3, -0.25) is 14.5 Å². The average Bonchev–Trinajstić information content (AvgIpc) is 3.04. The van der Waals surface area contributed by atoms with E-state index in [9.17, 15) is 14.0 Å². The lowest BCUT2D eigenvalue weighted by atomic mass is 10.2. The van der Waals surface area contributed by atoms with Crippen LogP contribution in [0.3, 0.4) is 0 Å². The van der Waals surface area contributed by atoms with Crippen LogP contribution >= 0.6 is 66.8 Å². The number of benzene rings is 3. The van der Waals surface area contributed by atoms with Crippen molar-refractivity contribution in [1.29, 1.82) is 0 Å². The summed E-state index contributed by atoms with van der Waals surface area (Å²) in [6.45, 7) is 0.0312. The molecular formula is C24H14Br2Cl2FNO3S. The third-order valence-corrected chi connectivity index (χ3v) is 7.69. The topological polar surface area (TPSA) is 46.6 Å². The van der Waals surface area contributed by atoms with Crippen LogP contribution in [0.2, 0.25) is 10.0 Å². The molecule has 1 saturated heterocycles. The summed E-state index contributed by atoms with van der Waals surface area (Å²) in [5.41, 5.74) is 1.60. The van der Waals surface area contributed by atoms with Gasteiger partial charge in [-0.1, -0.05) is 47.5 Å². The molecule has 0 aliphatic carbocycles. The number of halogens is 5. The van der Waals surface area contributed by atoms with Gasteiger partial charge in [0.15, 0.2) is 0 Å². The first-order valence-electron chi connectivity index (χ1n) is 9.78. The fourth-order valence-corrected chi connectivity index (χ4v) is 6.00. The van der Waals surface area contributed by atoms with Gasteiger partial charge in [0.05, 0.1) is 20.4 Å². The lowest BCUT2D eigenvalue weighted by molar-refractivity contribution is -0.123. The summed E-state index contributed by atoms with van der Waals surface area (Å²) in [5, 5.41) is 0.360. The molecule has 0 atom stereocenters. The summed E-state index contributed by atoms with van der Waals surface area (Å²) in [5.74, 6) is -0.292. The molecule has 0 N–H and O–H groups in total. The van der Waals surface area contributed by atoms with Crippen LogP contribution < -0.4 is 4.74 Å². The molecule has 0 bridgehead atoms. The third kappa shape index (κ3) is 5.52. The Labute approximate surface area is 226 Å². The maximum absolute atomic E-state index is 13.9. The molecule has 0 saturated carbocycles. The molecule has 4 nitrogen and oxygen atoms in total. The predicted octanol–water partition coefficient (Wildman–Crippen LogP) is 8.47. The van der Waals surface area contributed by atoms with Crippen molar-refractivity contribution in [3.63, 3.8) is 0 Å². The summed E-state index contributed by atoms with van der Waals surface area (Å²) in [6.07, 6.45) is 1.62. The van der Waals surface area contributed by atoms with Crippen LogP contribution in [0.25, 0.3) is 6.08 Å². The molecule has 1 aliphatic rings. The monoisotopic (exact) mass is 643 g/mol. The number of carbonyl (C=O) groups excluding carboxylic acids is 2. The van der Waals surface area contributed by atoms with E-state index in [1.54, 1.807) is 54.6 Å². The number of rotatable bonds is 6. The minimum atomic E-state index is -0.432. The highest BCUT2D eigenvalue weighted by Crippen LogP contribution is 2.39. The zero-order valence-corrected chi connectivity index (χ0v) is 22.7. The van der Waals surface area contributed by atoms with Crippen molar-refractivity contribution >= 4 is 84.0 Å². The van der Waals surface area contributed by atoms with Crippen molar-refractivity contribution in [3.8, 4) is 5.75 Å². The first-order valence-corrected chi connectivity index (χ1v) is 12.9. The predicted molar refractivity (Wildman–Crippen MR) is 141 cm³/mol. The Morgan fingerprint density at radius 1 is 1.00 bits per heavy atom. The summed E-state index contributed by atoms with van der Waals surface area (Å²) in [7, 11) is 0. The third-order valence-electron chi connectivity index (χ3n) is 4.90. The fourth-order valence-electron chi connectivity index (χ4n) is 3.20. The molecule has 34 heavy (non-hydrogen) atoms. The minimum absolute atomic E-state index is 0.0171. The van der Waals surface area contributed by atoms with Crippen LogP contribution in [0.1, 0.15) is 16.7 Å². The number of amides is 2. The number of carbonyl (C=O) groups is 2. The summed E-state index contributed by atoms with van der Waals surface area (Å²) in [6, 6.07) is 14.9. The van der Waals surface area contributed by atoms with E-state index >= 15 is 0 Å². The molecule has 10 heteroatoms. The molecular weight excluding hydrogens is 632 g/mol. The van der Waals surface area contributed by atoms with Crippen molar-refractivity contribution < 1.29 is 18.7 Å². The maximum atomic E-state index is 13.9. The van der Waals surface area contributed by atoms with E-state index in [0.29, 0.717) is 41.4 Å². The molecule has 1 aliphatic heterocycles. The standard InChI is InChI=1S/C24H14Br2Cl2FNO3S/c25-16-8-13(9-17(26)22(16)33-12-14-4-1-2-7-20(14)29)10-21-23(31)30(24(32)34-21)11-15-18(27)5-3-6-19(15)28/h1-10H,11-12H2/b21-10+. The molecule has 0 spiro atoms. The van der Waals surface area contributed by atoms with Gasteiger partial charge in [-0.25, -0.2) is 4.39 Å². The average molecular weight is 646 g/mol. The van der Waals surface area contributed by atoms with E-state index in [-0.39, 0.29) is 23.9 Å². The van der Waals surface area contributed by atoms with Crippen molar-refractivity contribution in [1.82, 2.24) is 4.90 Å². The van der Waals surface area contributed by atoms with E-state index in [2.05, 4.69) is 31.9 Å². The molecule has 0 unspecified atom stereocenters. The molecule has 4 rings (SSSR count). The van der Waals surface area contributed by atoms with E-state index in [1.165, 1.54) is 6.07 Å². The number of thioether (sulfide) groups is 1. The summed E-state index contributed by atoms with van der Waals surface area (Å²) < 4.78 is 20.9. The lowest BCUT2D eigenvalue weighted by Crippen LogP contribution is -2.27. The Balaban J connectivity index is 1.53. The Morgan fingerprint density at radius 3 is 2.29 bits per heavy atom. The van der Waals surface area contributed by atoms with Gasteiger partial charge in [-0.05, 0) is 85.6 Å². The Bertz CT molecular complexity index is 1290. The quantitative estimate of drug-likeness (QED) is 0.252. The first kappa shape index (κ1) is 25.3. The van der Waals surface area contributed by atoms with Crippen LogP contribution in [-0.2, 0) is 17.9 Å². The van der Waals surface area contributed by atoms with Gasteiger partial charge in [-0.15, -0.1) is 0 Å². The SMILES string of the molecule is O=C1S/C(=C/c2cc(Br)c(OCc3ccccc3F)c(Br)c2)C(=O)N1Cc1c(Cl)cccc1Cl. The smallest absolute Gasteiger partial charge is 0.293 e. The Hall–Kier alpha value is -1.84. The van der Waals surface area contributed by atoms with Crippen molar-refractivity contribution in [2.75, 3.05) is 0 Å². The van der Waals surface area contributed by atoms with Gasteiger partial charge in [0.25, 0.3) is 11.1 Å². The van der Waals surface area contributed by atoms with Gasteiger partial charge >= 0.3 is 0 Å². The number of nitrogens with zero attached hydrogens (tertiary/aromatic N) is 1. The van der Waals surface area contributed by atoms with Crippen molar-refractivity contribution in [3.05, 3.63) is 101 Å². The van der Waals surface area contributed by atoms with Crippen LogP contribution in [0.15, 0.2) is 68.4 Å². The van der Waals surface area contributed by atoms with E-state index in [0.717, 1.165) is 16.7 Å². The number of imide groups is 1. The second-order valence-corrected chi connectivity index (χ2v) is 10.7. The molecule has 3 aromatic carbocycles. The van der Waals surface area contributed by atoms with Crippen molar-refractivity contribution in [2.24, 2.45) is 0 Å². The second kappa shape index (κ2) is 10.8. The number of hydrogen-bond donors (Lipinski definition) is 0. The van der Waals surface area contributed by atoms with Gasteiger partial charge in [-0.2, -0.15) is 0 Å². The molecule has 1 heterocycles. The van der Waals surface area contributed by atoms with Crippen LogP contribution in [0.5, 0.6) is 5.75 Å². The maximum Gasteiger partial charge on any atom is 0.293 e. The number of ether oxygens (including phenoxy) is 1. The van der Waals surface area contributed by atoms with Crippen LogP contribution in [0, 0.1) is 5.82 Å². The fraction of sp³-hybridized carbons (Fsp3) is 0.0833. The largest absolute Gasteiger partial charge is 0.486 e. The molecule has 3 aromatic rings. The van der Waals surface area contributed by atoms with Crippen LogP contribution in [0.4, 0.5) is 9.18 Å². The summed E-state index contributed by atoms with van der Waals surface area (Å²) in [4.78, 5) is 26.8. The van der Waals surface area contributed by atoms with Gasteiger partial charge in [0.1, 0.15) is 18.2 Å². The summed E-state index contributed by atoms with van der Waals surface area (Å²) >= 11 is 20.2. The lowest BCUT2D eigenvalue weighted by Gasteiger charge is -2.14. The van der Waals surface area contributed by atoms with E-state index in [1.807, 2.05) is 0 Å². The van der Waals surface area contributed by atoms with Crippen molar-refractivity contribution in [2.45, 2.75) is 13.2 Å². The molecule has 2 amide bonds. The minimum Gasteiger partial charge on any atom is -0.486 e. The molecule has 0 radical (unpaired) electrons.